The second kappa shape index (κ2) is 4.13. The lowest BCUT2D eigenvalue weighted by molar-refractivity contribution is 0.0953. The number of nitrogens with one attached hydrogen (secondary N) is 1. The van der Waals surface area contributed by atoms with Crippen molar-refractivity contribution in [2.75, 3.05) is 0 Å². The van der Waals surface area contributed by atoms with Gasteiger partial charge >= 0.3 is 0 Å². The first-order valence-electron chi connectivity index (χ1n) is 5.78. The van der Waals surface area contributed by atoms with Crippen molar-refractivity contribution in [3.63, 3.8) is 0 Å². The second-order valence-electron chi connectivity index (χ2n) is 4.42. The van der Waals surface area contributed by atoms with Crippen LogP contribution in [0.5, 0.6) is 0 Å². The minimum Gasteiger partial charge on any atom is -0.267 e. The average molecular weight is 227 g/mol. The molecule has 1 saturated carbocycles. The van der Waals surface area contributed by atoms with Crippen LogP contribution >= 0.6 is 0 Å². The van der Waals surface area contributed by atoms with Crippen LogP contribution in [0.4, 0.5) is 0 Å². The first-order chi connectivity index (χ1) is 8.34. The molecule has 0 radical (unpaired) electrons. The zero-order valence-electron chi connectivity index (χ0n) is 9.34. The van der Waals surface area contributed by atoms with Gasteiger partial charge in [0.15, 0.2) is 0 Å². The summed E-state index contributed by atoms with van der Waals surface area (Å²) in [6.45, 7) is 0. The Balaban J connectivity index is 1.62. The number of allylic oxidation sites excluding steroid dienone is 2. The van der Waals surface area contributed by atoms with E-state index in [1.54, 1.807) is 18.3 Å². The summed E-state index contributed by atoms with van der Waals surface area (Å²) in [6.07, 6.45) is 9.66. The van der Waals surface area contributed by atoms with Crippen molar-refractivity contribution >= 4 is 11.6 Å². The van der Waals surface area contributed by atoms with E-state index in [9.17, 15) is 4.79 Å². The number of pyridine rings is 1. The maximum atomic E-state index is 11.7. The smallest absolute Gasteiger partial charge is 0.267 e. The number of aromatic nitrogens is 1. The number of hydrogen-bond acceptors (Lipinski definition) is 3. The van der Waals surface area contributed by atoms with Crippen LogP contribution in [0.1, 0.15) is 23.2 Å². The molecule has 17 heavy (non-hydrogen) atoms. The standard InChI is InChI=1S/C13H13N3O/c17-13(10-4-2-6-14-8-10)16-15-12-7-9-3-1-5-11(9)12/h1-4,6,8-9,11H,5,7H2,(H,16,17)/b15-12+/t9-,11-/m1/s1. The van der Waals surface area contributed by atoms with Gasteiger partial charge in [0.2, 0.25) is 0 Å². The molecule has 3 rings (SSSR count). The molecule has 2 atom stereocenters. The van der Waals surface area contributed by atoms with E-state index in [2.05, 4.69) is 27.7 Å². The molecule has 0 aromatic carbocycles. The predicted molar refractivity (Wildman–Crippen MR) is 64.5 cm³/mol. The van der Waals surface area contributed by atoms with E-state index in [0.717, 1.165) is 18.6 Å². The lowest BCUT2D eigenvalue weighted by Crippen LogP contribution is -2.35. The molecule has 1 fully saturated rings. The van der Waals surface area contributed by atoms with Gasteiger partial charge in [-0.3, -0.25) is 9.78 Å². The normalized spacial score (nSPS) is 27.6. The van der Waals surface area contributed by atoms with Crippen LogP contribution in [0.15, 0.2) is 41.8 Å². The molecule has 2 aliphatic carbocycles. The summed E-state index contributed by atoms with van der Waals surface area (Å²) in [4.78, 5) is 15.6. The zero-order chi connectivity index (χ0) is 11.7. The minimum atomic E-state index is -0.194. The molecule has 0 saturated heterocycles. The van der Waals surface area contributed by atoms with Crippen molar-refractivity contribution in [3.8, 4) is 0 Å². The van der Waals surface area contributed by atoms with Crippen molar-refractivity contribution in [2.24, 2.45) is 16.9 Å². The summed E-state index contributed by atoms with van der Waals surface area (Å²) in [5, 5.41) is 4.20. The third-order valence-electron chi connectivity index (χ3n) is 3.39. The lowest BCUT2D eigenvalue weighted by atomic mass is 9.74. The lowest BCUT2D eigenvalue weighted by Gasteiger charge is -2.31. The molecule has 0 spiro atoms. The third-order valence-corrected chi connectivity index (χ3v) is 3.39. The highest BCUT2D eigenvalue weighted by molar-refractivity contribution is 5.97. The van der Waals surface area contributed by atoms with Crippen LogP contribution < -0.4 is 5.43 Å². The largest absolute Gasteiger partial charge is 0.272 e. The fraction of sp³-hybridized carbons (Fsp3) is 0.308. The SMILES string of the molecule is O=C(N/N=C1\C[C@H]2C=CC[C@@H]12)c1cccnc1. The van der Waals surface area contributed by atoms with Crippen LogP contribution in [0.25, 0.3) is 0 Å². The van der Waals surface area contributed by atoms with Crippen molar-refractivity contribution < 1.29 is 4.79 Å². The Bertz CT molecular complexity index is 493. The van der Waals surface area contributed by atoms with E-state index in [-0.39, 0.29) is 5.91 Å². The van der Waals surface area contributed by atoms with Gasteiger partial charge in [0, 0.05) is 24.0 Å². The summed E-state index contributed by atoms with van der Waals surface area (Å²) in [5.41, 5.74) is 4.24. The van der Waals surface area contributed by atoms with Crippen molar-refractivity contribution in [2.45, 2.75) is 12.8 Å². The summed E-state index contributed by atoms with van der Waals surface area (Å²) in [5.74, 6) is 0.994. The van der Waals surface area contributed by atoms with Crippen molar-refractivity contribution in [1.29, 1.82) is 0 Å². The highest BCUT2D eigenvalue weighted by Crippen LogP contribution is 2.39. The fourth-order valence-electron chi connectivity index (χ4n) is 2.35. The Morgan fingerprint density at radius 2 is 2.47 bits per heavy atom. The Hall–Kier alpha value is -1.97. The molecule has 2 aliphatic rings. The average Bonchev–Trinajstić information content (AvgIpc) is 2.72. The molecule has 0 bridgehead atoms. The Kier molecular flexibility index (Phi) is 2.48. The second-order valence-corrected chi connectivity index (χ2v) is 4.42. The summed E-state index contributed by atoms with van der Waals surface area (Å²) >= 11 is 0. The van der Waals surface area contributed by atoms with Gasteiger partial charge in [-0.25, -0.2) is 5.43 Å². The molecule has 4 heteroatoms. The number of hydrogen-bond donors (Lipinski definition) is 1. The van der Waals surface area contributed by atoms with E-state index in [4.69, 9.17) is 0 Å². The van der Waals surface area contributed by atoms with Crippen LogP contribution in [0.3, 0.4) is 0 Å². The van der Waals surface area contributed by atoms with Crippen LogP contribution in [0.2, 0.25) is 0 Å². The monoisotopic (exact) mass is 227 g/mol. The molecule has 0 unspecified atom stereocenters. The number of hydrazone groups is 1. The Morgan fingerprint density at radius 1 is 1.53 bits per heavy atom. The highest BCUT2D eigenvalue weighted by atomic mass is 16.2. The fourth-order valence-corrected chi connectivity index (χ4v) is 2.35. The first-order valence-corrected chi connectivity index (χ1v) is 5.78. The van der Waals surface area contributed by atoms with Gasteiger partial charge in [0.25, 0.3) is 5.91 Å². The predicted octanol–water partition coefficient (Wildman–Crippen LogP) is 1.76. The van der Waals surface area contributed by atoms with E-state index >= 15 is 0 Å². The van der Waals surface area contributed by atoms with Gasteiger partial charge in [0.05, 0.1) is 5.56 Å². The first kappa shape index (κ1) is 10.2. The van der Waals surface area contributed by atoms with Crippen molar-refractivity contribution in [3.05, 3.63) is 42.2 Å². The van der Waals surface area contributed by atoms with Gasteiger partial charge in [-0.2, -0.15) is 5.10 Å². The summed E-state index contributed by atoms with van der Waals surface area (Å²) in [7, 11) is 0. The molecule has 1 N–H and O–H groups in total. The molecular formula is C13H13N3O. The van der Waals surface area contributed by atoms with Crippen molar-refractivity contribution in [1.82, 2.24) is 10.4 Å². The van der Waals surface area contributed by atoms with Gasteiger partial charge in [0.1, 0.15) is 0 Å². The Morgan fingerprint density at radius 3 is 3.24 bits per heavy atom. The maximum absolute atomic E-state index is 11.7. The number of nitrogens with zero attached hydrogens (tertiary/aromatic N) is 2. The molecule has 1 amide bonds. The molecule has 1 aromatic heterocycles. The van der Waals surface area contributed by atoms with Gasteiger partial charge in [-0.05, 0) is 30.9 Å². The Labute approximate surface area is 99.4 Å². The van der Waals surface area contributed by atoms with Gasteiger partial charge in [-0.15, -0.1) is 0 Å². The zero-order valence-corrected chi connectivity index (χ0v) is 9.34. The topological polar surface area (TPSA) is 54.4 Å². The summed E-state index contributed by atoms with van der Waals surface area (Å²) < 4.78 is 0. The van der Waals surface area contributed by atoms with E-state index in [1.807, 2.05) is 0 Å². The highest BCUT2D eigenvalue weighted by Gasteiger charge is 2.37. The van der Waals surface area contributed by atoms with Crippen LogP contribution in [0, 0.1) is 11.8 Å². The number of rotatable bonds is 2. The molecule has 4 nitrogen and oxygen atoms in total. The number of carbonyl (C=O) groups is 1. The van der Waals surface area contributed by atoms with E-state index in [0.29, 0.717) is 17.4 Å². The number of fused-ring (bicyclic) bond motifs is 1. The van der Waals surface area contributed by atoms with Crippen LogP contribution in [-0.4, -0.2) is 16.6 Å². The van der Waals surface area contributed by atoms with E-state index in [1.165, 1.54) is 6.20 Å². The molecule has 0 aliphatic heterocycles. The minimum absolute atomic E-state index is 0.194. The van der Waals surface area contributed by atoms with E-state index < -0.39 is 0 Å². The number of carbonyl (C=O) groups excluding carboxylic acids is 1. The van der Waals surface area contributed by atoms with Gasteiger partial charge in [-0.1, -0.05) is 12.2 Å². The molecule has 1 heterocycles. The quantitative estimate of drug-likeness (QED) is 0.618. The maximum Gasteiger partial charge on any atom is 0.272 e. The van der Waals surface area contributed by atoms with Crippen LogP contribution in [-0.2, 0) is 0 Å². The molecular weight excluding hydrogens is 214 g/mol. The number of amides is 1. The summed E-state index contributed by atoms with van der Waals surface area (Å²) in [6, 6.07) is 3.46. The molecule has 86 valence electrons. The molecule has 1 aromatic rings. The third kappa shape index (κ3) is 1.86. The van der Waals surface area contributed by atoms with Gasteiger partial charge < -0.3 is 0 Å².